The van der Waals surface area contributed by atoms with Crippen molar-refractivity contribution in [3.05, 3.63) is 65.7 Å². The molecule has 2 heterocycles. The summed E-state index contributed by atoms with van der Waals surface area (Å²) in [6.07, 6.45) is 0.848. The predicted octanol–water partition coefficient (Wildman–Crippen LogP) is 3.40. The first-order valence-electron chi connectivity index (χ1n) is 8.41. The molecule has 128 valence electrons. The molecular weight excluding hydrogens is 319 g/mol. The minimum Gasteiger partial charge on any atom is -0.342 e. The number of imidazole rings is 1. The third-order valence-corrected chi connectivity index (χ3v) is 4.61. The molecule has 1 aromatic heterocycles. The molecule has 1 fully saturated rings. The summed E-state index contributed by atoms with van der Waals surface area (Å²) >= 11 is 0. The molecule has 1 atom stereocenters. The largest absolute Gasteiger partial charge is 0.342 e. The molecule has 6 heteroatoms. The molecule has 0 spiro atoms. The van der Waals surface area contributed by atoms with Gasteiger partial charge in [-0.3, -0.25) is 0 Å². The number of benzene rings is 2. The van der Waals surface area contributed by atoms with Crippen molar-refractivity contribution in [3.8, 4) is 0 Å². The zero-order valence-electron chi connectivity index (χ0n) is 13.7. The maximum absolute atomic E-state index is 13.3. The van der Waals surface area contributed by atoms with Gasteiger partial charge in [-0.1, -0.05) is 30.3 Å². The van der Waals surface area contributed by atoms with Crippen molar-refractivity contribution in [1.29, 1.82) is 0 Å². The van der Waals surface area contributed by atoms with Gasteiger partial charge in [0, 0.05) is 25.6 Å². The lowest BCUT2D eigenvalue weighted by atomic mass is 10.1. The monoisotopic (exact) mass is 338 g/mol. The predicted molar refractivity (Wildman–Crippen MR) is 93.7 cm³/mol. The fraction of sp³-hybridized carbons (Fsp3) is 0.263. The van der Waals surface area contributed by atoms with Crippen molar-refractivity contribution < 1.29 is 9.18 Å². The fourth-order valence-corrected chi connectivity index (χ4v) is 3.25. The molecule has 0 radical (unpaired) electrons. The SMILES string of the molecule is O=C(NCc1ccccc1)N1CC[C@H](c2nc3ccc(F)cc3[nH]2)C1. The number of likely N-dealkylation sites (tertiary alicyclic amines) is 1. The molecule has 25 heavy (non-hydrogen) atoms. The Balaban J connectivity index is 1.39. The zero-order valence-corrected chi connectivity index (χ0v) is 13.7. The number of nitrogens with one attached hydrogen (secondary N) is 2. The summed E-state index contributed by atoms with van der Waals surface area (Å²) in [4.78, 5) is 21.9. The van der Waals surface area contributed by atoms with Crippen molar-refractivity contribution in [2.75, 3.05) is 13.1 Å². The van der Waals surface area contributed by atoms with Crippen molar-refractivity contribution in [2.45, 2.75) is 18.9 Å². The van der Waals surface area contributed by atoms with Crippen molar-refractivity contribution in [3.63, 3.8) is 0 Å². The molecule has 3 aromatic rings. The second-order valence-electron chi connectivity index (χ2n) is 6.36. The highest BCUT2D eigenvalue weighted by atomic mass is 19.1. The third kappa shape index (κ3) is 3.33. The standard InChI is InChI=1S/C19H19FN4O/c20-15-6-7-16-17(10-15)23-18(22-16)14-8-9-24(12-14)19(25)21-11-13-4-2-1-3-5-13/h1-7,10,14H,8-9,11-12H2,(H,21,25)(H,22,23)/t14-/m0/s1. The molecule has 2 aromatic carbocycles. The second kappa shape index (κ2) is 6.55. The van der Waals surface area contributed by atoms with Crippen molar-refractivity contribution >= 4 is 17.1 Å². The minimum atomic E-state index is -0.281. The Hall–Kier alpha value is -2.89. The van der Waals surface area contributed by atoms with Crippen molar-refractivity contribution in [1.82, 2.24) is 20.2 Å². The van der Waals surface area contributed by atoms with E-state index >= 15 is 0 Å². The Labute approximate surface area is 144 Å². The lowest BCUT2D eigenvalue weighted by Gasteiger charge is -2.17. The van der Waals surface area contributed by atoms with Gasteiger partial charge in [-0.2, -0.15) is 0 Å². The summed E-state index contributed by atoms with van der Waals surface area (Å²) in [6, 6.07) is 14.3. The van der Waals surface area contributed by atoms with Crippen molar-refractivity contribution in [2.24, 2.45) is 0 Å². The van der Waals surface area contributed by atoms with Gasteiger partial charge in [0.25, 0.3) is 0 Å². The van der Waals surface area contributed by atoms with E-state index in [1.807, 2.05) is 30.3 Å². The second-order valence-corrected chi connectivity index (χ2v) is 6.36. The summed E-state index contributed by atoms with van der Waals surface area (Å²) in [5, 5.41) is 2.95. The van der Waals surface area contributed by atoms with E-state index < -0.39 is 0 Å². The maximum atomic E-state index is 13.3. The number of hydrogen-bond donors (Lipinski definition) is 2. The van der Waals surface area contributed by atoms with E-state index in [2.05, 4.69) is 15.3 Å². The molecule has 1 saturated heterocycles. The van der Waals surface area contributed by atoms with E-state index in [0.29, 0.717) is 25.2 Å². The molecule has 4 rings (SSSR count). The number of rotatable bonds is 3. The summed E-state index contributed by atoms with van der Waals surface area (Å²) < 4.78 is 13.3. The quantitative estimate of drug-likeness (QED) is 0.769. The summed E-state index contributed by atoms with van der Waals surface area (Å²) in [7, 11) is 0. The van der Waals surface area contributed by atoms with Gasteiger partial charge in [0.2, 0.25) is 0 Å². The van der Waals surface area contributed by atoms with E-state index in [-0.39, 0.29) is 17.8 Å². The number of halogens is 1. The number of nitrogens with zero attached hydrogens (tertiary/aromatic N) is 2. The van der Waals surface area contributed by atoms with E-state index in [9.17, 15) is 9.18 Å². The molecule has 1 aliphatic heterocycles. The Morgan fingerprint density at radius 3 is 2.96 bits per heavy atom. The maximum Gasteiger partial charge on any atom is 0.317 e. The molecule has 0 bridgehead atoms. The van der Waals surface area contributed by atoms with E-state index in [4.69, 9.17) is 0 Å². The molecular formula is C19H19FN4O. The number of fused-ring (bicyclic) bond motifs is 1. The van der Waals surface area contributed by atoms with Crippen LogP contribution in [-0.2, 0) is 6.54 Å². The Morgan fingerprint density at radius 2 is 2.12 bits per heavy atom. The van der Waals surface area contributed by atoms with Gasteiger partial charge in [-0.25, -0.2) is 14.2 Å². The molecule has 0 unspecified atom stereocenters. The number of carbonyl (C=O) groups excluding carboxylic acids is 1. The topological polar surface area (TPSA) is 61.0 Å². The van der Waals surface area contributed by atoms with Gasteiger partial charge in [-0.15, -0.1) is 0 Å². The summed E-state index contributed by atoms with van der Waals surface area (Å²) in [5.74, 6) is 0.688. The number of hydrogen-bond acceptors (Lipinski definition) is 2. The van der Waals surface area contributed by atoms with Gasteiger partial charge in [0.15, 0.2) is 0 Å². The van der Waals surface area contributed by atoms with Crippen LogP contribution < -0.4 is 5.32 Å². The molecule has 2 amide bonds. The lowest BCUT2D eigenvalue weighted by Crippen LogP contribution is -2.38. The van der Waals surface area contributed by atoms with Crippen LogP contribution >= 0.6 is 0 Å². The van der Waals surface area contributed by atoms with Crippen LogP contribution in [0.25, 0.3) is 11.0 Å². The number of aromatic amines is 1. The smallest absolute Gasteiger partial charge is 0.317 e. The van der Waals surface area contributed by atoms with Gasteiger partial charge >= 0.3 is 6.03 Å². The van der Waals surface area contributed by atoms with Crippen LogP contribution in [0.1, 0.15) is 23.7 Å². The van der Waals surface area contributed by atoms with E-state index in [1.165, 1.54) is 12.1 Å². The van der Waals surface area contributed by atoms with Gasteiger partial charge in [0.1, 0.15) is 11.6 Å². The number of carbonyl (C=O) groups is 1. The third-order valence-electron chi connectivity index (χ3n) is 4.61. The normalized spacial score (nSPS) is 17.2. The average molecular weight is 338 g/mol. The van der Waals surface area contributed by atoms with Gasteiger partial charge < -0.3 is 15.2 Å². The lowest BCUT2D eigenvalue weighted by molar-refractivity contribution is 0.207. The van der Waals surface area contributed by atoms with E-state index in [1.54, 1.807) is 11.0 Å². The summed E-state index contributed by atoms with van der Waals surface area (Å²) in [5.41, 5.74) is 2.52. The molecule has 0 saturated carbocycles. The van der Waals surface area contributed by atoms with Crippen LogP contribution in [0.2, 0.25) is 0 Å². The molecule has 2 N–H and O–H groups in total. The Kier molecular flexibility index (Phi) is 4.09. The number of urea groups is 1. The highest BCUT2D eigenvalue weighted by Crippen LogP contribution is 2.27. The van der Waals surface area contributed by atoms with Crippen LogP contribution in [0.4, 0.5) is 9.18 Å². The minimum absolute atomic E-state index is 0.0616. The average Bonchev–Trinajstić information content (AvgIpc) is 3.27. The van der Waals surface area contributed by atoms with E-state index in [0.717, 1.165) is 23.3 Å². The summed E-state index contributed by atoms with van der Waals surface area (Å²) in [6.45, 7) is 1.82. The van der Waals surface area contributed by atoms with Crippen LogP contribution in [0.5, 0.6) is 0 Å². The number of H-pyrrole nitrogens is 1. The first-order chi connectivity index (χ1) is 12.2. The number of aromatic nitrogens is 2. The number of amides is 2. The first kappa shape index (κ1) is 15.6. The van der Waals surface area contributed by atoms with Crippen LogP contribution in [-0.4, -0.2) is 34.0 Å². The molecule has 5 nitrogen and oxygen atoms in total. The zero-order chi connectivity index (χ0) is 17.2. The van der Waals surface area contributed by atoms with Gasteiger partial charge in [0.05, 0.1) is 11.0 Å². The highest BCUT2D eigenvalue weighted by molar-refractivity contribution is 5.76. The molecule has 1 aliphatic rings. The van der Waals surface area contributed by atoms with Gasteiger partial charge in [-0.05, 0) is 30.2 Å². The fourth-order valence-electron chi connectivity index (χ4n) is 3.25. The Bertz CT molecular complexity index is 893. The highest BCUT2D eigenvalue weighted by Gasteiger charge is 2.29. The molecule has 0 aliphatic carbocycles. The van der Waals surface area contributed by atoms with Crippen LogP contribution in [0.15, 0.2) is 48.5 Å². The van der Waals surface area contributed by atoms with Crippen LogP contribution in [0, 0.1) is 5.82 Å². The first-order valence-corrected chi connectivity index (χ1v) is 8.41. The van der Waals surface area contributed by atoms with Crippen LogP contribution in [0.3, 0.4) is 0 Å². The Morgan fingerprint density at radius 1 is 1.28 bits per heavy atom.